The topological polar surface area (TPSA) is 47.9 Å². The van der Waals surface area contributed by atoms with Gasteiger partial charge >= 0.3 is 0 Å². The summed E-state index contributed by atoms with van der Waals surface area (Å²) in [6, 6.07) is 8.04. The molecule has 24 heavy (non-hydrogen) atoms. The number of nitrogens with zero attached hydrogens (tertiary/aromatic N) is 2. The first-order valence-electron chi connectivity index (χ1n) is 8.35. The van der Waals surface area contributed by atoms with Crippen LogP contribution in [0, 0.1) is 0 Å². The minimum absolute atomic E-state index is 0. The highest BCUT2D eigenvalue weighted by atomic mass is 127. The molecular formula is C18H30IN3OS. The molecule has 0 aliphatic carbocycles. The lowest BCUT2D eigenvalue weighted by atomic mass is 10.1. The van der Waals surface area contributed by atoms with E-state index in [9.17, 15) is 5.11 Å². The van der Waals surface area contributed by atoms with E-state index in [0.29, 0.717) is 6.54 Å². The number of aliphatic hydroxyl groups is 1. The molecule has 0 spiro atoms. The van der Waals surface area contributed by atoms with Gasteiger partial charge in [-0.1, -0.05) is 24.3 Å². The van der Waals surface area contributed by atoms with Gasteiger partial charge in [-0.15, -0.1) is 24.0 Å². The maximum atomic E-state index is 9.58. The normalized spacial score (nSPS) is 18.7. The number of benzene rings is 1. The van der Waals surface area contributed by atoms with Gasteiger partial charge in [0.2, 0.25) is 0 Å². The van der Waals surface area contributed by atoms with Crippen molar-refractivity contribution in [1.29, 1.82) is 0 Å². The van der Waals surface area contributed by atoms with Crippen molar-refractivity contribution in [3.8, 4) is 0 Å². The zero-order chi connectivity index (χ0) is 16.9. The number of rotatable bonds is 4. The van der Waals surface area contributed by atoms with E-state index in [0.717, 1.165) is 42.5 Å². The van der Waals surface area contributed by atoms with E-state index in [1.165, 1.54) is 0 Å². The molecule has 6 heteroatoms. The predicted octanol–water partition coefficient (Wildman–Crippen LogP) is 3.65. The van der Waals surface area contributed by atoms with Gasteiger partial charge in [-0.3, -0.25) is 0 Å². The third-order valence-electron chi connectivity index (χ3n) is 3.93. The van der Waals surface area contributed by atoms with Gasteiger partial charge < -0.3 is 15.3 Å². The molecule has 4 nitrogen and oxygen atoms in total. The second kappa shape index (κ2) is 9.87. The molecule has 1 aliphatic rings. The van der Waals surface area contributed by atoms with Gasteiger partial charge in [0, 0.05) is 30.1 Å². The molecule has 1 fully saturated rings. The van der Waals surface area contributed by atoms with E-state index in [-0.39, 0.29) is 28.7 Å². The second-order valence-electron chi connectivity index (χ2n) is 6.62. The summed E-state index contributed by atoms with van der Waals surface area (Å²) in [7, 11) is 0. The first-order chi connectivity index (χ1) is 10.9. The predicted molar refractivity (Wildman–Crippen MR) is 115 cm³/mol. The maximum Gasteiger partial charge on any atom is 0.194 e. The molecule has 136 valence electrons. The maximum absolute atomic E-state index is 9.58. The second-order valence-corrected chi connectivity index (χ2v) is 8.42. The number of hydrogen-bond donors (Lipinski definition) is 2. The fraction of sp³-hybridized carbons (Fsp3) is 0.611. The number of aliphatic imine (C=N–C) groups is 1. The lowest BCUT2D eigenvalue weighted by Gasteiger charge is -2.39. The van der Waals surface area contributed by atoms with E-state index in [2.05, 4.69) is 31.0 Å². The van der Waals surface area contributed by atoms with Crippen LogP contribution in [-0.4, -0.2) is 46.1 Å². The van der Waals surface area contributed by atoms with Crippen LogP contribution in [0.1, 0.15) is 44.9 Å². The summed E-state index contributed by atoms with van der Waals surface area (Å²) >= 11 is 2.03. The Hall–Kier alpha value is -0.470. The molecule has 0 amide bonds. The minimum Gasteiger partial charge on any atom is -0.389 e. The number of nitrogens with one attached hydrogen (secondary N) is 1. The Morgan fingerprint density at radius 3 is 2.58 bits per heavy atom. The van der Waals surface area contributed by atoms with Crippen molar-refractivity contribution in [3.05, 3.63) is 35.4 Å². The Morgan fingerprint density at radius 1 is 1.38 bits per heavy atom. The lowest BCUT2D eigenvalue weighted by molar-refractivity contribution is 0.199. The van der Waals surface area contributed by atoms with Crippen LogP contribution in [0.3, 0.4) is 0 Å². The van der Waals surface area contributed by atoms with E-state index in [4.69, 9.17) is 4.99 Å². The molecule has 1 aliphatic heterocycles. The summed E-state index contributed by atoms with van der Waals surface area (Å²) < 4.78 is 0.271. The van der Waals surface area contributed by atoms with Gasteiger partial charge in [0.15, 0.2) is 5.96 Å². The third kappa shape index (κ3) is 6.44. The fourth-order valence-electron chi connectivity index (χ4n) is 2.69. The van der Waals surface area contributed by atoms with Crippen molar-refractivity contribution in [3.63, 3.8) is 0 Å². The Balaban J connectivity index is 0.00000288. The summed E-state index contributed by atoms with van der Waals surface area (Å²) in [6.45, 7) is 12.1. The van der Waals surface area contributed by atoms with Gasteiger partial charge in [-0.05, 0) is 38.8 Å². The summed E-state index contributed by atoms with van der Waals surface area (Å²) in [6.07, 6.45) is -0.419. The smallest absolute Gasteiger partial charge is 0.194 e. The molecule has 1 heterocycles. The molecule has 1 atom stereocenters. The van der Waals surface area contributed by atoms with Crippen molar-refractivity contribution in [2.45, 2.75) is 45.1 Å². The third-order valence-corrected chi connectivity index (χ3v) is 5.23. The number of aliphatic hydroxyl groups excluding tert-OH is 1. The largest absolute Gasteiger partial charge is 0.389 e. The van der Waals surface area contributed by atoms with Crippen molar-refractivity contribution < 1.29 is 5.11 Å². The quantitative estimate of drug-likeness (QED) is 0.407. The molecule has 1 aromatic carbocycles. The average molecular weight is 463 g/mol. The van der Waals surface area contributed by atoms with E-state index in [1.807, 2.05) is 36.0 Å². The molecule has 0 bridgehead atoms. The van der Waals surface area contributed by atoms with Gasteiger partial charge in [0.05, 0.1) is 12.6 Å². The zero-order valence-corrected chi connectivity index (χ0v) is 18.2. The Morgan fingerprint density at radius 2 is 2.04 bits per heavy atom. The zero-order valence-electron chi connectivity index (χ0n) is 15.1. The van der Waals surface area contributed by atoms with Crippen molar-refractivity contribution in [2.24, 2.45) is 4.99 Å². The molecule has 2 rings (SSSR count). The number of halogens is 1. The van der Waals surface area contributed by atoms with Crippen molar-refractivity contribution in [1.82, 2.24) is 10.2 Å². The van der Waals surface area contributed by atoms with Gasteiger partial charge in [-0.25, -0.2) is 4.99 Å². The Labute approximate surface area is 167 Å². The number of hydrogen-bond acceptors (Lipinski definition) is 3. The summed E-state index contributed by atoms with van der Waals surface area (Å²) in [5.41, 5.74) is 2.11. The van der Waals surface area contributed by atoms with Gasteiger partial charge in [-0.2, -0.15) is 11.8 Å². The first kappa shape index (κ1) is 21.6. The SMILES string of the molecule is CCNC(=NCc1ccc(C(C)O)cc1)N1CCSC(C)(C)C1.I. The van der Waals surface area contributed by atoms with E-state index < -0.39 is 6.10 Å². The first-order valence-corrected chi connectivity index (χ1v) is 9.34. The van der Waals surface area contributed by atoms with Crippen LogP contribution in [0.15, 0.2) is 29.3 Å². The fourth-order valence-corrected chi connectivity index (χ4v) is 3.80. The highest BCUT2D eigenvalue weighted by Crippen LogP contribution is 2.29. The molecule has 0 aromatic heterocycles. The van der Waals surface area contributed by atoms with Gasteiger partial charge in [0.25, 0.3) is 0 Å². The monoisotopic (exact) mass is 463 g/mol. The highest BCUT2D eigenvalue weighted by molar-refractivity contribution is 14.0. The van der Waals surface area contributed by atoms with Crippen LogP contribution in [0.4, 0.5) is 0 Å². The summed E-state index contributed by atoms with van der Waals surface area (Å²) in [5.74, 6) is 2.14. The molecule has 0 saturated carbocycles. The molecule has 0 radical (unpaired) electrons. The van der Waals surface area contributed by atoms with E-state index in [1.54, 1.807) is 6.92 Å². The van der Waals surface area contributed by atoms with Crippen LogP contribution >= 0.6 is 35.7 Å². The molecular weight excluding hydrogens is 433 g/mol. The molecule has 1 aromatic rings. The van der Waals surface area contributed by atoms with Crippen LogP contribution in [0.2, 0.25) is 0 Å². The molecule has 1 unspecified atom stereocenters. The Bertz CT molecular complexity index is 532. The summed E-state index contributed by atoms with van der Waals surface area (Å²) in [5, 5.41) is 13.0. The van der Waals surface area contributed by atoms with Crippen LogP contribution in [0.5, 0.6) is 0 Å². The number of thioether (sulfide) groups is 1. The molecule has 2 N–H and O–H groups in total. The summed E-state index contributed by atoms with van der Waals surface area (Å²) in [4.78, 5) is 7.17. The average Bonchev–Trinajstić information content (AvgIpc) is 2.50. The number of guanidine groups is 1. The molecule has 1 saturated heterocycles. The van der Waals surface area contributed by atoms with Crippen LogP contribution < -0.4 is 5.32 Å². The van der Waals surface area contributed by atoms with Crippen molar-refractivity contribution in [2.75, 3.05) is 25.4 Å². The minimum atomic E-state index is -0.419. The standard InChI is InChI=1S/C18H29N3OS.HI/c1-5-19-17(21-10-11-23-18(3,4)13-21)20-12-15-6-8-16(9-7-15)14(2)22;/h6-9,14,22H,5,10-13H2,1-4H3,(H,19,20);1H. The Kier molecular flexibility index (Phi) is 8.87. The van der Waals surface area contributed by atoms with Crippen molar-refractivity contribution >= 4 is 41.7 Å². The lowest BCUT2D eigenvalue weighted by Crippen LogP contribution is -2.50. The van der Waals surface area contributed by atoms with Gasteiger partial charge in [0.1, 0.15) is 0 Å². The van der Waals surface area contributed by atoms with E-state index >= 15 is 0 Å². The highest BCUT2D eigenvalue weighted by Gasteiger charge is 2.28. The van der Waals surface area contributed by atoms with Crippen LogP contribution in [-0.2, 0) is 6.54 Å². The van der Waals surface area contributed by atoms with Crippen LogP contribution in [0.25, 0.3) is 0 Å².